The molecule has 0 saturated carbocycles. The lowest BCUT2D eigenvalue weighted by molar-refractivity contribution is 0.177. The summed E-state index contributed by atoms with van der Waals surface area (Å²) in [5, 5.41) is 10.9. The summed E-state index contributed by atoms with van der Waals surface area (Å²) in [7, 11) is -2.69. The van der Waals surface area contributed by atoms with Crippen LogP contribution in [0.3, 0.4) is 0 Å². The van der Waals surface area contributed by atoms with E-state index in [4.69, 9.17) is 4.52 Å². The van der Waals surface area contributed by atoms with Crippen molar-refractivity contribution in [1.82, 2.24) is 0 Å². The summed E-state index contributed by atoms with van der Waals surface area (Å²) in [6.07, 6.45) is 9.94. The fourth-order valence-electron chi connectivity index (χ4n) is 3.84. The van der Waals surface area contributed by atoms with E-state index >= 15 is 0 Å². The lowest BCUT2D eigenvalue weighted by Gasteiger charge is -2.29. The Balaban J connectivity index is 3.01. The molecule has 2 unspecified atom stereocenters. The van der Waals surface area contributed by atoms with Gasteiger partial charge in [0, 0.05) is 4.57 Å². The summed E-state index contributed by atoms with van der Waals surface area (Å²) < 4.78 is 17.0. The van der Waals surface area contributed by atoms with Gasteiger partial charge in [0.05, 0.1) is 0 Å². The first-order valence-electron chi connectivity index (χ1n) is 11.6. The van der Waals surface area contributed by atoms with Gasteiger partial charge in [-0.2, -0.15) is 0 Å². The van der Waals surface area contributed by atoms with Crippen molar-refractivity contribution in [3.8, 4) is 5.75 Å². The van der Waals surface area contributed by atoms with Crippen LogP contribution in [0.5, 0.6) is 5.75 Å². The fraction of sp³-hybridized carbons (Fsp3) is 0.760. The maximum atomic E-state index is 11.5. The molecule has 2 atom stereocenters. The number of phenols is 1. The van der Waals surface area contributed by atoms with Crippen LogP contribution in [0.25, 0.3) is 0 Å². The van der Waals surface area contributed by atoms with E-state index in [1.165, 1.54) is 38.5 Å². The minimum absolute atomic E-state index is 0.245. The molecule has 0 bridgehead atoms. The molecule has 1 aromatic carbocycles. The molecular formula is C25H44O4P+. The van der Waals surface area contributed by atoms with Gasteiger partial charge >= 0.3 is 8.25 Å². The summed E-state index contributed by atoms with van der Waals surface area (Å²) in [6.45, 7) is 14.6. The molecule has 30 heavy (non-hydrogen) atoms. The van der Waals surface area contributed by atoms with Crippen LogP contribution in [0.4, 0.5) is 0 Å². The summed E-state index contributed by atoms with van der Waals surface area (Å²) in [5.41, 5.74) is 2.09. The number of aromatic hydroxyl groups is 1. The number of hydrogen-bond acceptors (Lipinski definition) is 3. The van der Waals surface area contributed by atoms with Crippen molar-refractivity contribution in [3.05, 3.63) is 28.8 Å². The summed E-state index contributed by atoms with van der Waals surface area (Å²) in [4.78, 5) is 9.46. The third kappa shape index (κ3) is 9.04. The minimum atomic E-state index is -2.69. The molecule has 1 aromatic rings. The first kappa shape index (κ1) is 27.1. The van der Waals surface area contributed by atoms with E-state index in [2.05, 4.69) is 48.5 Å². The minimum Gasteiger partial charge on any atom is -0.507 e. The Labute approximate surface area is 185 Å². The lowest BCUT2D eigenvalue weighted by Crippen LogP contribution is -2.18. The van der Waals surface area contributed by atoms with Crippen LogP contribution in [-0.2, 0) is 19.9 Å². The van der Waals surface area contributed by atoms with Crippen molar-refractivity contribution in [2.45, 2.75) is 123 Å². The van der Waals surface area contributed by atoms with E-state index in [0.29, 0.717) is 12.2 Å². The molecule has 4 nitrogen and oxygen atoms in total. The van der Waals surface area contributed by atoms with Gasteiger partial charge in [0.25, 0.3) is 0 Å². The second-order valence-electron chi connectivity index (χ2n) is 10.6. The van der Waals surface area contributed by atoms with E-state index in [-0.39, 0.29) is 10.8 Å². The third-order valence-corrected chi connectivity index (χ3v) is 6.09. The van der Waals surface area contributed by atoms with Crippen LogP contribution in [-0.4, -0.2) is 10.00 Å². The zero-order chi connectivity index (χ0) is 22.9. The molecule has 0 aliphatic rings. The molecule has 0 amide bonds. The lowest BCUT2D eigenvalue weighted by atomic mass is 9.77. The first-order valence-corrected chi connectivity index (χ1v) is 12.7. The van der Waals surface area contributed by atoms with Gasteiger partial charge in [0.15, 0.2) is 0 Å². The Morgan fingerprint density at radius 1 is 0.867 bits per heavy atom. The molecular weight excluding hydrogens is 395 g/mol. The number of unbranched alkanes of at least 4 members (excludes halogenated alkanes) is 7. The molecule has 0 radical (unpaired) electrons. The highest BCUT2D eigenvalue weighted by atomic mass is 31.1. The van der Waals surface area contributed by atoms with Gasteiger partial charge in [-0.3, -0.25) is 0 Å². The quantitative estimate of drug-likeness (QED) is 0.254. The van der Waals surface area contributed by atoms with Gasteiger partial charge in [-0.15, -0.1) is 9.42 Å². The van der Waals surface area contributed by atoms with Crippen molar-refractivity contribution in [1.29, 1.82) is 0 Å². The van der Waals surface area contributed by atoms with Crippen LogP contribution >= 0.6 is 8.25 Å². The molecule has 0 heterocycles. The monoisotopic (exact) mass is 439 g/mol. The molecule has 0 fully saturated rings. The molecule has 5 heteroatoms. The van der Waals surface area contributed by atoms with Crippen LogP contribution in [0.15, 0.2) is 12.1 Å². The third-order valence-electron chi connectivity index (χ3n) is 5.66. The zero-order valence-corrected chi connectivity index (χ0v) is 21.1. The number of rotatable bonds is 12. The predicted molar refractivity (Wildman–Crippen MR) is 126 cm³/mol. The molecule has 0 spiro atoms. The molecule has 2 N–H and O–H groups in total. The Kier molecular flexibility index (Phi) is 11.0. The fourth-order valence-corrected chi connectivity index (χ4v) is 4.28. The smallest absolute Gasteiger partial charge is 0.507 e. The zero-order valence-electron chi connectivity index (χ0n) is 20.3. The largest absolute Gasteiger partial charge is 0.695 e. The number of hydrogen-bond donors (Lipinski definition) is 2. The Bertz CT molecular complexity index is 636. The highest BCUT2D eigenvalue weighted by Gasteiger charge is 2.31. The normalized spacial score (nSPS) is 14.1. The summed E-state index contributed by atoms with van der Waals surface area (Å²) in [5.74, 6) is 0.318. The van der Waals surface area contributed by atoms with Gasteiger partial charge in [0.2, 0.25) is 0 Å². The first-order chi connectivity index (χ1) is 13.9. The molecule has 172 valence electrons. The average molecular weight is 440 g/mol. The summed E-state index contributed by atoms with van der Waals surface area (Å²) >= 11 is 0. The maximum absolute atomic E-state index is 11.5. The molecule has 0 aliphatic heterocycles. The summed E-state index contributed by atoms with van der Waals surface area (Å²) in [6, 6.07) is 3.91. The van der Waals surface area contributed by atoms with Crippen LogP contribution in [0.1, 0.15) is 129 Å². The van der Waals surface area contributed by atoms with Gasteiger partial charge < -0.3 is 5.11 Å². The SMILES string of the molecule is CCCCCCCCCCC(O[P+](=O)O)c1cc(C(C)(C)C)c(O)c(C(C)(C)C)c1. The second-order valence-corrected chi connectivity index (χ2v) is 11.2. The predicted octanol–water partition coefficient (Wildman–Crippen LogP) is 8.23. The topological polar surface area (TPSA) is 66.8 Å². The highest BCUT2D eigenvalue weighted by molar-refractivity contribution is 7.32. The maximum Gasteiger partial charge on any atom is 0.695 e. The van der Waals surface area contributed by atoms with Crippen molar-refractivity contribution in [2.75, 3.05) is 0 Å². The second kappa shape index (κ2) is 12.2. The van der Waals surface area contributed by atoms with Gasteiger partial charge in [0.1, 0.15) is 11.9 Å². The van der Waals surface area contributed by atoms with E-state index < -0.39 is 14.4 Å². The van der Waals surface area contributed by atoms with E-state index in [1.807, 2.05) is 12.1 Å². The Morgan fingerprint density at radius 2 is 1.30 bits per heavy atom. The van der Waals surface area contributed by atoms with E-state index in [9.17, 15) is 14.6 Å². The van der Waals surface area contributed by atoms with Gasteiger partial charge in [-0.1, -0.05) is 99.8 Å². The van der Waals surface area contributed by atoms with Gasteiger partial charge in [-0.05, 0) is 46.1 Å². The van der Waals surface area contributed by atoms with E-state index in [1.54, 1.807) is 0 Å². The number of phenolic OH excluding ortho intramolecular Hbond substituents is 1. The van der Waals surface area contributed by atoms with Gasteiger partial charge in [-0.25, -0.2) is 0 Å². The molecule has 0 aliphatic carbocycles. The van der Waals surface area contributed by atoms with Crippen LogP contribution in [0, 0.1) is 0 Å². The van der Waals surface area contributed by atoms with Crippen molar-refractivity contribution in [2.24, 2.45) is 0 Å². The van der Waals surface area contributed by atoms with Crippen molar-refractivity contribution >= 4 is 8.25 Å². The Morgan fingerprint density at radius 3 is 1.70 bits per heavy atom. The highest BCUT2D eigenvalue weighted by Crippen LogP contribution is 2.43. The molecule has 0 aromatic heterocycles. The van der Waals surface area contributed by atoms with Crippen molar-refractivity contribution < 1.29 is 19.1 Å². The molecule has 0 saturated heterocycles. The standard InChI is InChI=1S/C25H43O4P/c1-8-9-10-11-12-13-14-15-16-22(29-30(27)28)19-17-20(24(2,3)4)23(26)21(18-19)25(5,6)7/h17-18,22H,8-16H2,1-7H3,(H-,26,27,28)/p+1. The average Bonchev–Trinajstić information content (AvgIpc) is 2.61. The van der Waals surface area contributed by atoms with Crippen molar-refractivity contribution in [3.63, 3.8) is 0 Å². The van der Waals surface area contributed by atoms with Crippen LogP contribution in [0.2, 0.25) is 0 Å². The van der Waals surface area contributed by atoms with Crippen LogP contribution < -0.4 is 0 Å². The van der Waals surface area contributed by atoms with E-state index in [0.717, 1.165) is 29.5 Å². The molecule has 1 rings (SSSR count). The number of benzene rings is 1. The Hall–Kier alpha value is -0.960.